The van der Waals surface area contributed by atoms with Gasteiger partial charge in [-0.15, -0.1) is 0 Å². The van der Waals surface area contributed by atoms with Gasteiger partial charge in [0.2, 0.25) is 17.7 Å². The third-order valence-electron chi connectivity index (χ3n) is 3.95. The van der Waals surface area contributed by atoms with Gasteiger partial charge in [-0.2, -0.15) is 0 Å². The molecule has 2 heterocycles. The maximum absolute atomic E-state index is 12.4. The summed E-state index contributed by atoms with van der Waals surface area (Å²) in [6.45, 7) is 1.68. The Hall–Kier alpha value is -2.93. The van der Waals surface area contributed by atoms with Crippen LogP contribution in [0.1, 0.15) is 13.3 Å². The summed E-state index contributed by atoms with van der Waals surface area (Å²) in [5.74, 6) is -0.701. The Balaban J connectivity index is 1.69. The molecule has 0 aliphatic carbocycles. The second-order valence-electron chi connectivity index (χ2n) is 5.99. The number of hydrogen-bond donors (Lipinski definition) is 2. The molecule has 0 spiro atoms. The minimum atomic E-state index is -0.482. The Labute approximate surface area is 155 Å². The normalized spacial score (nSPS) is 16.5. The SMILES string of the molecule is CC(=O)Nc1cccc(N2CC(C(=O)Nc3ccc(Cl)cn3)CC2=O)c1. The predicted octanol–water partition coefficient (Wildman–Crippen LogP) is 2.69. The molecular weight excluding hydrogens is 356 g/mol. The zero-order valence-electron chi connectivity index (χ0n) is 14.0. The molecule has 1 saturated heterocycles. The summed E-state index contributed by atoms with van der Waals surface area (Å²) in [6.07, 6.45) is 1.56. The summed E-state index contributed by atoms with van der Waals surface area (Å²) in [5, 5.41) is 5.85. The van der Waals surface area contributed by atoms with Crippen molar-refractivity contribution in [2.45, 2.75) is 13.3 Å². The van der Waals surface area contributed by atoms with E-state index in [2.05, 4.69) is 15.6 Å². The number of halogens is 1. The highest BCUT2D eigenvalue weighted by molar-refractivity contribution is 6.30. The van der Waals surface area contributed by atoms with Gasteiger partial charge in [0.1, 0.15) is 5.82 Å². The molecule has 1 fully saturated rings. The first-order valence-electron chi connectivity index (χ1n) is 8.03. The average molecular weight is 373 g/mol. The molecule has 0 bridgehead atoms. The van der Waals surface area contributed by atoms with Crippen LogP contribution in [0.3, 0.4) is 0 Å². The molecular formula is C18H17ClN4O3. The van der Waals surface area contributed by atoms with Crippen LogP contribution in [0, 0.1) is 5.92 Å². The fourth-order valence-corrected chi connectivity index (χ4v) is 2.88. The van der Waals surface area contributed by atoms with E-state index in [-0.39, 0.29) is 30.7 Å². The molecule has 3 amide bonds. The highest BCUT2D eigenvalue weighted by Gasteiger charge is 2.35. The van der Waals surface area contributed by atoms with Crippen LogP contribution in [0.4, 0.5) is 17.2 Å². The lowest BCUT2D eigenvalue weighted by molar-refractivity contribution is -0.122. The number of aromatic nitrogens is 1. The number of rotatable bonds is 4. The van der Waals surface area contributed by atoms with Gasteiger partial charge < -0.3 is 15.5 Å². The molecule has 2 N–H and O–H groups in total. The molecule has 1 aliphatic rings. The summed E-state index contributed by atoms with van der Waals surface area (Å²) in [4.78, 5) is 41.5. The van der Waals surface area contributed by atoms with Crippen LogP contribution in [0.5, 0.6) is 0 Å². The summed E-state index contributed by atoms with van der Waals surface area (Å²) in [5.41, 5.74) is 1.24. The van der Waals surface area contributed by atoms with Crippen molar-refractivity contribution in [3.05, 3.63) is 47.6 Å². The van der Waals surface area contributed by atoms with Crippen LogP contribution in [0.25, 0.3) is 0 Å². The second-order valence-corrected chi connectivity index (χ2v) is 6.42. The van der Waals surface area contributed by atoms with Crippen molar-refractivity contribution in [1.82, 2.24) is 4.98 Å². The number of benzene rings is 1. The number of hydrogen-bond acceptors (Lipinski definition) is 4. The van der Waals surface area contributed by atoms with Gasteiger partial charge in [-0.05, 0) is 30.3 Å². The van der Waals surface area contributed by atoms with Crippen molar-refractivity contribution in [2.24, 2.45) is 5.92 Å². The first-order chi connectivity index (χ1) is 12.4. The topological polar surface area (TPSA) is 91.4 Å². The van der Waals surface area contributed by atoms with Gasteiger partial charge in [0.25, 0.3) is 0 Å². The molecule has 8 heteroatoms. The van der Waals surface area contributed by atoms with E-state index in [1.54, 1.807) is 41.3 Å². The summed E-state index contributed by atoms with van der Waals surface area (Å²) < 4.78 is 0. The smallest absolute Gasteiger partial charge is 0.230 e. The third-order valence-corrected chi connectivity index (χ3v) is 4.18. The van der Waals surface area contributed by atoms with Gasteiger partial charge in [0.15, 0.2) is 0 Å². The number of anilines is 3. The molecule has 1 aromatic carbocycles. The number of pyridine rings is 1. The number of nitrogens with one attached hydrogen (secondary N) is 2. The minimum absolute atomic E-state index is 0.115. The molecule has 1 aliphatic heterocycles. The van der Waals surface area contributed by atoms with Crippen molar-refractivity contribution in [2.75, 3.05) is 22.1 Å². The van der Waals surface area contributed by atoms with Gasteiger partial charge in [0.05, 0.1) is 10.9 Å². The maximum atomic E-state index is 12.4. The van der Waals surface area contributed by atoms with E-state index >= 15 is 0 Å². The number of amides is 3. The Morgan fingerprint density at radius 1 is 1.23 bits per heavy atom. The maximum Gasteiger partial charge on any atom is 0.230 e. The van der Waals surface area contributed by atoms with E-state index in [9.17, 15) is 14.4 Å². The Bertz CT molecular complexity index is 854. The van der Waals surface area contributed by atoms with Crippen LogP contribution in [-0.2, 0) is 14.4 Å². The molecule has 7 nitrogen and oxygen atoms in total. The predicted molar refractivity (Wildman–Crippen MR) is 99.1 cm³/mol. The summed E-state index contributed by atoms with van der Waals surface area (Å²) >= 11 is 5.77. The van der Waals surface area contributed by atoms with E-state index in [0.29, 0.717) is 22.2 Å². The zero-order chi connectivity index (χ0) is 18.7. The lowest BCUT2D eigenvalue weighted by Crippen LogP contribution is -2.28. The first-order valence-corrected chi connectivity index (χ1v) is 8.40. The van der Waals surface area contributed by atoms with Gasteiger partial charge in [-0.3, -0.25) is 14.4 Å². The van der Waals surface area contributed by atoms with Gasteiger partial charge in [-0.25, -0.2) is 4.98 Å². The lowest BCUT2D eigenvalue weighted by atomic mass is 10.1. The first kappa shape index (κ1) is 17.9. The quantitative estimate of drug-likeness (QED) is 0.863. The van der Waals surface area contributed by atoms with Crippen molar-refractivity contribution in [3.63, 3.8) is 0 Å². The van der Waals surface area contributed by atoms with Crippen molar-refractivity contribution in [3.8, 4) is 0 Å². The van der Waals surface area contributed by atoms with Gasteiger partial charge >= 0.3 is 0 Å². The summed E-state index contributed by atoms with van der Waals surface area (Å²) in [7, 11) is 0. The molecule has 26 heavy (non-hydrogen) atoms. The van der Waals surface area contributed by atoms with Gasteiger partial charge in [0, 0.05) is 37.5 Å². The number of nitrogens with zero attached hydrogens (tertiary/aromatic N) is 2. The van der Waals surface area contributed by atoms with Crippen LogP contribution in [0.2, 0.25) is 5.02 Å². The highest BCUT2D eigenvalue weighted by Crippen LogP contribution is 2.28. The molecule has 1 unspecified atom stereocenters. The van der Waals surface area contributed by atoms with E-state index in [4.69, 9.17) is 11.6 Å². The number of carbonyl (C=O) groups is 3. The fourth-order valence-electron chi connectivity index (χ4n) is 2.77. The average Bonchev–Trinajstić information content (AvgIpc) is 2.98. The Kier molecular flexibility index (Phi) is 5.18. The molecule has 0 saturated carbocycles. The van der Waals surface area contributed by atoms with Crippen molar-refractivity contribution < 1.29 is 14.4 Å². The van der Waals surface area contributed by atoms with Crippen LogP contribution in [0.15, 0.2) is 42.6 Å². The molecule has 134 valence electrons. The summed E-state index contributed by atoms with van der Waals surface area (Å²) in [6, 6.07) is 10.2. The van der Waals surface area contributed by atoms with Crippen molar-refractivity contribution in [1.29, 1.82) is 0 Å². The molecule has 2 aromatic rings. The second kappa shape index (κ2) is 7.53. The Morgan fingerprint density at radius 2 is 2.04 bits per heavy atom. The van der Waals surface area contributed by atoms with Crippen LogP contribution >= 0.6 is 11.6 Å². The van der Waals surface area contributed by atoms with E-state index in [0.717, 1.165) is 0 Å². The number of carbonyl (C=O) groups excluding carboxylic acids is 3. The third kappa shape index (κ3) is 4.18. The standard InChI is InChI=1S/C18H17ClN4O3/c1-11(24)21-14-3-2-4-15(8-14)23-10-12(7-17(23)25)18(26)22-16-6-5-13(19)9-20-16/h2-6,8-9,12H,7,10H2,1H3,(H,21,24)(H,20,22,26). The van der Waals surface area contributed by atoms with Gasteiger partial charge in [-0.1, -0.05) is 17.7 Å². The van der Waals surface area contributed by atoms with E-state index in [1.165, 1.54) is 13.1 Å². The minimum Gasteiger partial charge on any atom is -0.326 e. The largest absolute Gasteiger partial charge is 0.326 e. The van der Waals surface area contributed by atoms with E-state index < -0.39 is 5.92 Å². The zero-order valence-corrected chi connectivity index (χ0v) is 14.8. The van der Waals surface area contributed by atoms with Crippen molar-refractivity contribution >= 4 is 46.5 Å². The highest BCUT2D eigenvalue weighted by atomic mass is 35.5. The van der Waals surface area contributed by atoms with Crippen LogP contribution in [-0.4, -0.2) is 29.3 Å². The fraction of sp³-hybridized carbons (Fsp3) is 0.222. The molecule has 0 radical (unpaired) electrons. The molecule has 3 rings (SSSR count). The Morgan fingerprint density at radius 3 is 2.73 bits per heavy atom. The monoisotopic (exact) mass is 372 g/mol. The molecule has 1 atom stereocenters. The lowest BCUT2D eigenvalue weighted by Gasteiger charge is -2.17. The van der Waals surface area contributed by atoms with E-state index in [1.807, 2.05) is 0 Å². The van der Waals surface area contributed by atoms with Crippen LogP contribution < -0.4 is 15.5 Å². The molecule has 1 aromatic heterocycles.